The molecule has 358 valence electrons. The Kier molecular flexibility index (Phi) is 10.0. The second-order valence-corrected chi connectivity index (χ2v) is 20.8. The number of aromatic nitrogens is 5. The summed E-state index contributed by atoms with van der Waals surface area (Å²) in [6.07, 6.45) is 1.89. The van der Waals surface area contributed by atoms with Gasteiger partial charge in [-0.25, -0.2) is 19.9 Å². The lowest BCUT2D eigenvalue weighted by atomic mass is 9.67. The molecule has 5 heterocycles. The highest BCUT2D eigenvalue weighted by Crippen LogP contribution is 2.65. The number of rotatable bonds is 6. The maximum atomic E-state index is 7.19. The van der Waals surface area contributed by atoms with E-state index in [0.717, 1.165) is 111 Å². The molecule has 0 radical (unpaired) electrons. The van der Waals surface area contributed by atoms with Gasteiger partial charge in [0.05, 0.1) is 38.8 Å². The molecule has 15 rings (SSSR count). The van der Waals surface area contributed by atoms with E-state index >= 15 is 0 Å². The molecule has 0 amide bonds. The van der Waals surface area contributed by atoms with Gasteiger partial charge >= 0.3 is 0 Å². The molecular formula is C68H44N6OS. The van der Waals surface area contributed by atoms with Gasteiger partial charge in [-0.15, -0.1) is 0 Å². The number of para-hydroxylation sites is 2. The lowest BCUT2D eigenvalue weighted by Gasteiger charge is -2.41. The summed E-state index contributed by atoms with van der Waals surface area (Å²) in [5, 5.41) is 2.44. The highest BCUT2D eigenvalue weighted by molar-refractivity contribution is 7.99. The van der Waals surface area contributed by atoms with Gasteiger partial charge in [-0.1, -0.05) is 181 Å². The first-order valence-corrected chi connectivity index (χ1v) is 26.4. The molecule has 1 aliphatic carbocycles. The highest BCUT2D eigenvalue weighted by atomic mass is 32.2. The normalized spacial score (nSPS) is 14.5. The molecule has 1 atom stereocenters. The minimum Gasteiger partial charge on any atom is -0.452 e. The molecule has 3 aromatic heterocycles. The van der Waals surface area contributed by atoms with Crippen molar-refractivity contribution in [2.24, 2.45) is 0 Å². The summed E-state index contributed by atoms with van der Waals surface area (Å²) in [6, 6.07) is 79.5. The van der Waals surface area contributed by atoms with Gasteiger partial charge < -0.3 is 9.64 Å². The summed E-state index contributed by atoms with van der Waals surface area (Å²) in [4.78, 5) is 30.6. The van der Waals surface area contributed by atoms with Crippen molar-refractivity contribution in [3.8, 4) is 79.4 Å². The zero-order valence-electron chi connectivity index (χ0n) is 41.4. The fourth-order valence-corrected chi connectivity index (χ4v) is 13.0. The number of hydrogen-bond acceptors (Lipinski definition) is 8. The van der Waals surface area contributed by atoms with Crippen molar-refractivity contribution in [2.75, 3.05) is 4.90 Å². The Morgan fingerprint density at radius 1 is 0.447 bits per heavy atom. The Labute approximate surface area is 444 Å². The average Bonchev–Trinajstić information content (AvgIpc) is 4.01. The average molecular weight is 993 g/mol. The Hall–Kier alpha value is -9.50. The molecule has 12 aromatic rings. The molecule has 76 heavy (non-hydrogen) atoms. The third kappa shape index (κ3) is 6.87. The van der Waals surface area contributed by atoms with E-state index in [-0.39, 0.29) is 0 Å². The maximum Gasteiger partial charge on any atom is 0.165 e. The summed E-state index contributed by atoms with van der Waals surface area (Å²) in [5.74, 6) is 3.46. The van der Waals surface area contributed by atoms with Gasteiger partial charge in [0.15, 0.2) is 29.0 Å². The van der Waals surface area contributed by atoms with Gasteiger partial charge in [-0.3, -0.25) is 4.98 Å². The molecule has 0 bridgehead atoms. The lowest BCUT2D eigenvalue weighted by Crippen LogP contribution is -2.32. The van der Waals surface area contributed by atoms with Crippen LogP contribution in [0, 0.1) is 13.8 Å². The number of pyridine rings is 2. The van der Waals surface area contributed by atoms with Crippen molar-refractivity contribution in [1.29, 1.82) is 0 Å². The Balaban J connectivity index is 0.879. The zero-order valence-corrected chi connectivity index (χ0v) is 42.3. The quantitative estimate of drug-likeness (QED) is 0.163. The van der Waals surface area contributed by atoms with Crippen LogP contribution in [0.5, 0.6) is 11.5 Å². The van der Waals surface area contributed by atoms with Crippen LogP contribution in [0.2, 0.25) is 0 Å². The van der Waals surface area contributed by atoms with E-state index in [1.54, 1.807) is 11.8 Å². The van der Waals surface area contributed by atoms with Crippen LogP contribution in [-0.4, -0.2) is 24.9 Å². The van der Waals surface area contributed by atoms with Crippen LogP contribution in [-0.2, 0) is 5.41 Å². The molecule has 0 saturated heterocycles. The summed E-state index contributed by atoms with van der Waals surface area (Å²) in [6.45, 7) is 4.17. The molecule has 0 N–H and O–H groups in total. The molecule has 3 aliphatic rings. The third-order valence-electron chi connectivity index (χ3n) is 15.1. The number of hydrogen-bond donors (Lipinski definition) is 0. The van der Waals surface area contributed by atoms with Crippen LogP contribution >= 0.6 is 11.8 Å². The summed E-state index contributed by atoms with van der Waals surface area (Å²) in [5.41, 5.74) is 17.6. The monoisotopic (exact) mass is 992 g/mol. The minimum absolute atomic E-state index is 0.592. The largest absolute Gasteiger partial charge is 0.452 e. The van der Waals surface area contributed by atoms with Crippen molar-refractivity contribution >= 4 is 39.6 Å². The van der Waals surface area contributed by atoms with E-state index in [1.165, 1.54) is 21.9 Å². The van der Waals surface area contributed by atoms with Gasteiger partial charge in [-0.2, -0.15) is 0 Å². The van der Waals surface area contributed by atoms with Gasteiger partial charge in [0.25, 0.3) is 0 Å². The molecule has 8 heteroatoms. The molecule has 1 spiro atoms. The Morgan fingerprint density at radius 2 is 1.08 bits per heavy atom. The predicted molar refractivity (Wildman–Crippen MR) is 306 cm³/mol. The second-order valence-electron chi connectivity index (χ2n) is 19.7. The number of anilines is 3. The lowest BCUT2D eigenvalue weighted by molar-refractivity contribution is 0.461. The SMILES string of the molecule is Cc1cccc(-c2nc(-c3cccc(C)c3)nc(-c3cccc(-c4ccc5c(n4)-c4ncccc4C54c5ccccc5Sc5c4ccc4c5Oc5ccccc5N4c4cccc(-c5cccc6ccccc56)c4)c3)n2)c1. The standard InChI is InChI=1S/C68H44N6OS/c1-41-15-9-21-46(37-41)65-71-66(47-22-10-16-42(2)38-47)73-67(72-65)48-23-11-20-45(39-48)56-34-32-54-62(70-56)61-53(28-14-36-69-61)68(54)52-27-5-8-31-60(52)76-64-55(68)33-35-58-63(64)75-59-30-7-6-29-57(59)74(58)49-24-12-19-44(40-49)51-26-13-18-43-17-3-4-25-50(43)51/h3-40H,1-2H3. The topological polar surface area (TPSA) is 76.9 Å². The van der Waals surface area contributed by atoms with Crippen LogP contribution in [0.25, 0.3) is 78.7 Å². The minimum atomic E-state index is -0.749. The van der Waals surface area contributed by atoms with E-state index < -0.39 is 5.41 Å². The first-order valence-electron chi connectivity index (χ1n) is 25.5. The summed E-state index contributed by atoms with van der Waals surface area (Å²) < 4.78 is 7.19. The van der Waals surface area contributed by atoms with Crippen LogP contribution in [0.3, 0.4) is 0 Å². The molecule has 9 aromatic carbocycles. The Morgan fingerprint density at radius 3 is 1.89 bits per heavy atom. The molecule has 1 unspecified atom stereocenters. The van der Waals surface area contributed by atoms with Crippen LogP contribution in [0.1, 0.15) is 33.4 Å². The number of fused-ring (bicyclic) bond motifs is 13. The smallest absolute Gasteiger partial charge is 0.165 e. The molecular weight excluding hydrogens is 949 g/mol. The van der Waals surface area contributed by atoms with E-state index in [4.69, 9.17) is 29.7 Å². The van der Waals surface area contributed by atoms with E-state index in [1.807, 2.05) is 18.3 Å². The number of nitrogens with zero attached hydrogens (tertiary/aromatic N) is 6. The summed E-state index contributed by atoms with van der Waals surface area (Å²) >= 11 is 1.77. The number of benzene rings is 9. The van der Waals surface area contributed by atoms with Gasteiger partial charge in [-0.05, 0) is 125 Å². The predicted octanol–water partition coefficient (Wildman–Crippen LogP) is 17.2. The van der Waals surface area contributed by atoms with Crippen molar-refractivity contribution in [3.05, 3.63) is 264 Å². The van der Waals surface area contributed by atoms with Gasteiger partial charge in [0, 0.05) is 39.0 Å². The van der Waals surface area contributed by atoms with Crippen molar-refractivity contribution in [3.63, 3.8) is 0 Å². The first kappa shape index (κ1) is 44.0. The van der Waals surface area contributed by atoms with Gasteiger partial charge in [0.1, 0.15) is 0 Å². The van der Waals surface area contributed by atoms with E-state index in [9.17, 15) is 0 Å². The fourth-order valence-electron chi connectivity index (χ4n) is 11.8. The zero-order chi connectivity index (χ0) is 50.5. The highest BCUT2D eigenvalue weighted by Gasteiger charge is 2.53. The summed E-state index contributed by atoms with van der Waals surface area (Å²) in [7, 11) is 0. The van der Waals surface area contributed by atoms with Crippen LogP contribution < -0.4 is 9.64 Å². The third-order valence-corrected chi connectivity index (χ3v) is 16.3. The first-order chi connectivity index (χ1) is 37.5. The second kappa shape index (κ2) is 17.3. The number of aryl methyl sites for hydroxylation is 2. The number of ether oxygens (including phenoxy) is 1. The van der Waals surface area contributed by atoms with Gasteiger partial charge in [0.2, 0.25) is 0 Å². The Bertz CT molecular complexity index is 4310. The van der Waals surface area contributed by atoms with E-state index in [0.29, 0.717) is 17.5 Å². The molecule has 7 nitrogen and oxygen atoms in total. The van der Waals surface area contributed by atoms with E-state index in [2.05, 4.69) is 231 Å². The fraction of sp³-hybridized carbons (Fsp3) is 0.0441. The van der Waals surface area contributed by atoms with Crippen LogP contribution in [0.15, 0.2) is 240 Å². The van der Waals surface area contributed by atoms with Crippen LogP contribution in [0.4, 0.5) is 17.1 Å². The molecule has 0 fully saturated rings. The van der Waals surface area contributed by atoms with Crippen molar-refractivity contribution in [2.45, 2.75) is 29.1 Å². The maximum absolute atomic E-state index is 7.19. The molecule has 2 aliphatic heterocycles. The van der Waals surface area contributed by atoms with Crippen molar-refractivity contribution < 1.29 is 4.74 Å². The van der Waals surface area contributed by atoms with Crippen molar-refractivity contribution in [1.82, 2.24) is 24.9 Å². The molecule has 0 saturated carbocycles.